The summed E-state index contributed by atoms with van der Waals surface area (Å²) < 4.78 is 6.18. The summed E-state index contributed by atoms with van der Waals surface area (Å²) in [6.45, 7) is 3.21. The Morgan fingerprint density at radius 3 is 2.43 bits per heavy atom. The van der Waals surface area contributed by atoms with Gasteiger partial charge in [-0.2, -0.15) is 0 Å². The molecule has 0 bridgehead atoms. The second-order valence-electron chi connectivity index (χ2n) is 7.23. The third-order valence-electron chi connectivity index (χ3n) is 5.50. The Kier molecular flexibility index (Phi) is 4.88. The van der Waals surface area contributed by atoms with Crippen LogP contribution >= 0.6 is 11.3 Å². The molecule has 7 heteroatoms. The Balaban J connectivity index is 1.43. The van der Waals surface area contributed by atoms with Gasteiger partial charge in [-0.1, -0.05) is 42.5 Å². The van der Waals surface area contributed by atoms with Crippen molar-refractivity contribution < 1.29 is 4.74 Å². The SMILES string of the molecule is COc1ccccc1N1CCN(c2nc3c(-c4ccccc4)csc3c(=O)[nH]2)CC1. The highest BCUT2D eigenvalue weighted by atomic mass is 32.1. The minimum Gasteiger partial charge on any atom is -0.495 e. The first-order chi connectivity index (χ1) is 14.7. The van der Waals surface area contributed by atoms with Crippen LogP contribution in [-0.4, -0.2) is 43.3 Å². The highest BCUT2D eigenvalue weighted by Crippen LogP contribution is 2.32. The number of ether oxygens (including phenoxy) is 1. The number of fused-ring (bicyclic) bond motifs is 1. The molecule has 2 aromatic heterocycles. The number of benzene rings is 2. The van der Waals surface area contributed by atoms with Gasteiger partial charge in [-0.25, -0.2) is 4.98 Å². The van der Waals surface area contributed by atoms with Gasteiger partial charge in [0, 0.05) is 37.1 Å². The molecule has 4 aromatic rings. The van der Waals surface area contributed by atoms with Crippen molar-refractivity contribution >= 4 is 33.2 Å². The number of thiophene rings is 1. The summed E-state index contributed by atoms with van der Waals surface area (Å²) >= 11 is 1.45. The number of nitrogens with zero attached hydrogens (tertiary/aromatic N) is 3. The highest BCUT2D eigenvalue weighted by Gasteiger charge is 2.22. The van der Waals surface area contributed by atoms with Gasteiger partial charge in [0.25, 0.3) is 5.56 Å². The van der Waals surface area contributed by atoms with Gasteiger partial charge in [0.15, 0.2) is 0 Å². The lowest BCUT2D eigenvalue weighted by Crippen LogP contribution is -2.47. The molecule has 1 fully saturated rings. The lowest BCUT2D eigenvalue weighted by molar-refractivity contribution is 0.413. The Hall–Kier alpha value is -3.32. The number of aromatic nitrogens is 2. The van der Waals surface area contributed by atoms with E-state index < -0.39 is 0 Å². The van der Waals surface area contributed by atoms with Crippen LogP contribution in [0, 0.1) is 0 Å². The van der Waals surface area contributed by atoms with Crippen LogP contribution in [0.5, 0.6) is 5.75 Å². The molecule has 6 nitrogen and oxygen atoms in total. The Morgan fingerprint density at radius 1 is 0.967 bits per heavy atom. The van der Waals surface area contributed by atoms with Crippen LogP contribution in [0.3, 0.4) is 0 Å². The Labute approximate surface area is 178 Å². The van der Waals surface area contributed by atoms with Crippen molar-refractivity contribution in [2.45, 2.75) is 0 Å². The number of aromatic amines is 1. The number of nitrogens with one attached hydrogen (secondary N) is 1. The smallest absolute Gasteiger partial charge is 0.270 e. The van der Waals surface area contributed by atoms with E-state index in [1.165, 1.54) is 11.3 Å². The highest BCUT2D eigenvalue weighted by molar-refractivity contribution is 7.17. The first kappa shape index (κ1) is 18.7. The van der Waals surface area contributed by atoms with Gasteiger partial charge in [-0.3, -0.25) is 9.78 Å². The second kappa shape index (κ2) is 7.84. The third kappa shape index (κ3) is 3.31. The van der Waals surface area contributed by atoms with E-state index in [4.69, 9.17) is 9.72 Å². The van der Waals surface area contributed by atoms with E-state index >= 15 is 0 Å². The number of rotatable bonds is 4. The van der Waals surface area contributed by atoms with Crippen molar-refractivity contribution in [1.29, 1.82) is 0 Å². The van der Waals surface area contributed by atoms with Gasteiger partial charge < -0.3 is 14.5 Å². The molecule has 30 heavy (non-hydrogen) atoms. The van der Waals surface area contributed by atoms with Gasteiger partial charge in [0.2, 0.25) is 5.95 Å². The quantitative estimate of drug-likeness (QED) is 0.543. The maximum atomic E-state index is 12.7. The van der Waals surface area contributed by atoms with E-state index in [0.717, 1.165) is 54.3 Å². The van der Waals surface area contributed by atoms with E-state index in [0.29, 0.717) is 10.6 Å². The molecule has 2 aromatic carbocycles. The van der Waals surface area contributed by atoms with Crippen LogP contribution in [0.2, 0.25) is 0 Å². The lowest BCUT2D eigenvalue weighted by atomic mass is 10.1. The molecule has 1 aliphatic heterocycles. The molecule has 1 aliphatic rings. The maximum Gasteiger partial charge on any atom is 0.270 e. The molecule has 0 spiro atoms. The zero-order valence-corrected chi connectivity index (χ0v) is 17.5. The summed E-state index contributed by atoms with van der Waals surface area (Å²) in [6, 6.07) is 18.2. The molecule has 0 atom stereocenters. The maximum absolute atomic E-state index is 12.7. The van der Waals surface area contributed by atoms with Gasteiger partial charge in [0.05, 0.1) is 18.3 Å². The van der Waals surface area contributed by atoms with Crippen molar-refractivity contribution in [3.05, 3.63) is 70.3 Å². The van der Waals surface area contributed by atoms with Crippen molar-refractivity contribution in [2.24, 2.45) is 0 Å². The summed E-state index contributed by atoms with van der Waals surface area (Å²) in [5.41, 5.74) is 3.89. The van der Waals surface area contributed by atoms with Crippen LogP contribution in [0.1, 0.15) is 0 Å². The number of H-pyrrole nitrogens is 1. The molecule has 0 aliphatic carbocycles. The first-order valence-corrected chi connectivity index (χ1v) is 10.8. The molecule has 152 valence electrons. The number of piperazine rings is 1. The Bertz CT molecular complexity index is 1230. The van der Waals surface area contributed by atoms with E-state index in [1.807, 2.05) is 41.8 Å². The predicted molar refractivity (Wildman–Crippen MR) is 123 cm³/mol. The molecule has 1 saturated heterocycles. The van der Waals surface area contributed by atoms with Gasteiger partial charge in [-0.15, -0.1) is 11.3 Å². The molecule has 0 amide bonds. The average Bonchev–Trinajstić information content (AvgIpc) is 3.24. The van der Waals surface area contributed by atoms with E-state index in [1.54, 1.807) is 7.11 Å². The standard InChI is InChI=1S/C23H22N4O2S/c1-29-19-10-6-5-9-18(19)26-11-13-27(14-12-26)23-24-20-17(16-7-3-2-4-8-16)15-30-21(20)22(28)25-23/h2-10,15H,11-14H2,1H3,(H,24,25,28). The summed E-state index contributed by atoms with van der Waals surface area (Å²) in [5.74, 6) is 1.52. The number of hydrogen-bond donors (Lipinski definition) is 1. The van der Waals surface area contributed by atoms with Crippen molar-refractivity contribution in [2.75, 3.05) is 43.1 Å². The summed E-state index contributed by atoms with van der Waals surface area (Å²) in [7, 11) is 1.70. The normalized spacial score (nSPS) is 14.3. The zero-order valence-electron chi connectivity index (χ0n) is 16.7. The number of para-hydroxylation sites is 2. The predicted octanol–water partition coefficient (Wildman–Crippen LogP) is 3.99. The molecular formula is C23H22N4O2S. The molecule has 5 rings (SSSR count). The number of anilines is 2. The fourth-order valence-electron chi connectivity index (χ4n) is 3.94. The lowest BCUT2D eigenvalue weighted by Gasteiger charge is -2.36. The molecule has 0 unspecified atom stereocenters. The van der Waals surface area contributed by atoms with E-state index in [-0.39, 0.29) is 5.56 Å². The van der Waals surface area contributed by atoms with Gasteiger partial charge >= 0.3 is 0 Å². The minimum absolute atomic E-state index is 0.0747. The topological polar surface area (TPSA) is 61.5 Å². The van der Waals surface area contributed by atoms with Gasteiger partial charge in [-0.05, 0) is 17.7 Å². The molecule has 0 saturated carbocycles. The molecule has 1 N–H and O–H groups in total. The summed E-state index contributed by atoms with van der Waals surface area (Å²) in [5, 5.41) is 2.02. The minimum atomic E-state index is -0.0747. The average molecular weight is 419 g/mol. The third-order valence-corrected chi connectivity index (χ3v) is 6.47. The first-order valence-electron chi connectivity index (χ1n) is 9.94. The molecule has 3 heterocycles. The van der Waals surface area contributed by atoms with E-state index in [9.17, 15) is 4.79 Å². The number of methoxy groups -OCH3 is 1. The monoisotopic (exact) mass is 418 g/mol. The fourth-order valence-corrected chi connectivity index (χ4v) is 4.85. The zero-order chi connectivity index (χ0) is 20.5. The summed E-state index contributed by atoms with van der Waals surface area (Å²) in [4.78, 5) is 25.0. The van der Waals surface area contributed by atoms with Crippen LogP contribution < -0.4 is 20.1 Å². The second-order valence-corrected chi connectivity index (χ2v) is 8.11. The van der Waals surface area contributed by atoms with Crippen LogP contribution in [0.15, 0.2) is 64.8 Å². The fraction of sp³-hybridized carbons (Fsp3) is 0.217. The summed E-state index contributed by atoms with van der Waals surface area (Å²) in [6.07, 6.45) is 0. The van der Waals surface area contributed by atoms with Crippen molar-refractivity contribution in [1.82, 2.24) is 9.97 Å². The Morgan fingerprint density at radius 2 is 1.67 bits per heavy atom. The van der Waals surface area contributed by atoms with Crippen molar-refractivity contribution in [3.63, 3.8) is 0 Å². The number of hydrogen-bond acceptors (Lipinski definition) is 6. The van der Waals surface area contributed by atoms with Crippen LogP contribution in [-0.2, 0) is 0 Å². The molecular weight excluding hydrogens is 396 g/mol. The van der Waals surface area contributed by atoms with Crippen LogP contribution in [0.4, 0.5) is 11.6 Å². The van der Waals surface area contributed by atoms with Crippen LogP contribution in [0.25, 0.3) is 21.3 Å². The van der Waals surface area contributed by atoms with E-state index in [2.05, 4.69) is 33.0 Å². The van der Waals surface area contributed by atoms with Crippen molar-refractivity contribution in [3.8, 4) is 16.9 Å². The molecule has 0 radical (unpaired) electrons. The largest absolute Gasteiger partial charge is 0.495 e. The van der Waals surface area contributed by atoms with Gasteiger partial charge in [0.1, 0.15) is 10.4 Å².